The second-order valence-corrected chi connectivity index (χ2v) is 7.99. The van der Waals surface area contributed by atoms with Crippen molar-refractivity contribution in [3.8, 4) is 11.5 Å². The predicted molar refractivity (Wildman–Crippen MR) is 114 cm³/mol. The lowest BCUT2D eigenvalue weighted by Crippen LogP contribution is -2.26. The van der Waals surface area contributed by atoms with Crippen molar-refractivity contribution in [3.05, 3.63) is 46.2 Å². The molecular formula is C19H17N3O6S2. The van der Waals surface area contributed by atoms with Crippen molar-refractivity contribution in [2.45, 2.75) is 18.6 Å². The highest BCUT2D eigenvalue weighted by Crippen LogP contribution is 2.29. The topological polar surface area (TPSA) is 127 Å². The van der Waals surface area contributed by atoms with Gasteiger partial charge in [-0.05, 0) is 42.1 Å². The van der Waals surface area contributed by atoms with Gasteiger partial charge in [-0.1, -0.05) is 17.8 Å². The second kappa shape index (κ2) is 10.0. The molecule has 0 radical (unpaired) electrons. The lowest BCUT2D eigenvalue weighted by atomic mass is 10.2. The molecule has 1 aliphatic heterocycles. The largest absolute Gasteiger partial charge is 0.490 e. The van der Waals surface area contributed by atoms with E-state index in [1.807, 2.05) is 6.92 Å². The van der Waals surface area contributed by atoms with Crippen molar-refractivity contribution < 1.29 is 29.0 Å². The number of nitrogens with one attached hydrogen (secondary N) is 1. The van der Waals surface area contributed by atoms with Crippen LogP contribution in [-0.2, 0) is 9.59 Å². The molecule has 2 aromatic rings. The number of carbonyl (C=O) groups is 3. The number of amidine groups is 1. The fourth-order valence-electron chi connectivity index (χ4n) is 2.40. The molecule has 1 amide bonds. The summed E-state index contributed by atoms with van der Waals surface area (Å²) in [6.45, 7) is 2.19. The van der Waals surface area contributed by atoms with Gasteiger partial charge < -0.3 is 19.9 Å². The monoisotopic (exact) mass is 447 g/mol. The molecule has 1 aliphatic rings. The molecule has 156 valence electrons. The van der Waals surface area contributed by atoms with Gasteiger partial charge in [-0.15, -0.1) is 16.4 Å². The van der Waals surface area contributed by atoms with Crippen LogP contribution in [0.25, 0.3) is 0 Å². The van der Waals surface area contributed by atoms with Gasteiger partial charge in [-0.25, -0.2) is 4.79 Å². The number of thiophene rings is 1. The first-order valence-corrected chi connectivity index (χ1v) is 10.5. The number of hydrogen-bond donors (Lipinski definition) is 2. The van der Waals surface area contributed by atoms with Crippen LogP contribution in [0.4, 0.5) is 0 Å². The minimum Gasteiger partial charge on any atom is -0.490 e. The second-order valence-electron chi connectivity index (χ2n) is 5.85. The van der Waals surface area contributed by atoms with E-state index in [2.05, 4.69) is 15.5 Å². The van der Waals surface area contributed by atoms with E-state index in [9.17, 15) is 14.4 Å². The third-order valence-corrected chi connectivity index (χ3v) is 5.61. The summed E-state index contributed by atoms with van der Waals surface area (Å²) in [5.41, 5.74) is 0.634. The number of nitrogens with zero attached hydrogens (tertiary/aromatic N) is 2. The van der Waals surface area contributed by atoms with Gasteiger partial charge in [0.2, 0.25) is 5.91 Å². The van der Waals surface area contributed by atoms with Gasteiger partial charge in [-0.3, -0.25) is 9.59 Å². The maximum atomic E-state index is 12.2. The summed E-state index contributed by atoms with van der Waals surface area (Å²) in [7, 11) is 0. The fourth-order valence-corrected chi connectivity index (χ4v) is 3.91. The average molecular weight is 447 g/mol. The van der Waals surface area contributed by atoms with Crippen molar-refractivity contribution in [2.75, 3.05) is 6.61 Å². The number of carboxylic acids is 1. The van der Waals surface area contributed by atoms with Crippen molar-refractivity contribution in [1.29, 1.82) is 0 Å². The number of esters is 1. The van der Waals surface area contributed by atoms with E-state index >= 15 is 0 Å². The van der Waals surface area contributed by atoms with Crippen molar-refractivity contribution in [2.24, 2.45) is 10.2 Å². The van der Waals surface area contributed by atoms with E-state index in [1.54, 1.807) is 35.7 Å². The summed E-state index contributed by atoms with van der Waals surface area (Å²) in [4.78, 5) is 35.1. The maximum Gasteiger partial charge on any atom is 0.353 e. The Morgan fingerprint density at radius 1 is 1.30 bits per heavy atom. The number of carbonyl (C=O) groups excluding carboxylic acids is 2. The highest BCUT2D eigenvalue weighted by atomic mass is 32.2. The molecule has 1 unspecified atom stereocenters. The van der Waals surface area contributed by atoms with E-state index in [1.165, 1.54) is 17.6 Å². The summed E-state index contributed by atoms with van der Waals surface area (Å²) >= 11 is 2.30. The first-order chi connectivity index (χ1) is 14.5. The molecule has 1 aromatic heterocycles. The molecule has 1 aromatic carbocycles. The number of aliphatic carboxylic acids is 1. The lowest BCUT2D eigenvalue weighted by Gasteiger charge is -2.10. The van der Waals surface area contributed by atoms with E-state index in [0.717, 1.165) is 11.8 Å². The predicted octanol–water partition coefficient (Wildman–Crippen LogP) is 2.76. The number of rotatable bonds is 8. The lowest BCUT2D eigenvalue weighted by molar-refractivity contribution is -0.138. The van der Waals surface area contributed by atoms with Gasteiger partial charge in [-0.2, -0.15) is 5.10 Å². The molecule has 0 aliphatic carbocycles. The van der Waals surface area contributed by atoms with Crippen molar-refractivity contribution >= 4 is 52.3 Å². The van der Waals surface area contributed by atoms with Gasteiger partial charge in [0.05, 0.1) is 19.2 Å². The zero-order chi connectivity index (χ0) is 21.5. The molecular weight excluding hydrogens is 430 g/mol. The summed E-state index contributed by atoms with van der Waals surface area (Å²) in [6, 6.07) is 8.36. The Morgan fingerprint density at radius 3 is 2.83 bits per heavy atom. The Kier molecular flexibility index (Phi) is 7.20. The van der Waals surface area contributed by atoms with Gasteiger partial charge in [0.15, 0.2) is 16.7 Å². The highest BCUT2D eigenvalue weighted by Gasteiger charge is 2.32. The van der Waals surface area contributed by atoms with E-state index in [0.29, 0.717) is 22.8 Å². The Hall–Kier alpha value is -3.18. The van der Waals surface area contributed by atoms with Crippen LogP contribution >= 0.6 is 23.1 Å². The van der Waals surface area contributed by atoms with Crippen LogP contribution in [0.15, 0.2) is 45.9 Å². The number of thioether (sulfide) groups is 1. The van der Waals surface area contributed by atoms with Gasteiger partial charge >= 0.3 is 11.9 Å². The Labute approximate surface area is 179 Å². The molecule has 2 N–H and O–H groups in total. The molecule has 30 heavy (non-hydrogen) atoms. The zero-order valence-corrected chi connectivity index (χ0v) is 17.4. The molecule has 0 saturated carbocycles. The van der Waals surface area contributed by atoms with Gasteiger partial charge in [0.1, 0.15) is 10.1 Å². The third kappa shape index (κ3) is 5.67. The van der Waals surface area contributed by atoms with Crippen LogP contribution in [0.1, 0.15) is 28.6 Å². The minimum atomic E-state index is -1.06. The number of carboxylic acid groups (broad SMARTS) is 1. The van der Waals surface area contributed by atoms with Crippen LogP contribution in [0.5, 0.6) is 11.5 Å². The molecule has 0 spiro atoms. The number of amides is 1. The summed E-state index contributed by atoms with van der Waals surface area (Å²) in [6.07, 6.45) is 1.15. The number of hydrogen-bond acceptors (Lipinski definition) is 9. The van der Waals surface area contributed by atoms with Gasteiger partial charge in [0, 0.05) is 0 Å². The normalized spacial score (nSPS) is 17.3. The van der Waals surface area contributed by atoms with Crippen LogP contribution in [0.3, 0.4) is 0 Å². The molecule has 1 atom stereocenters. The highest BCUT2D eigenvalue weighted by molar-refractivity contribution is 8.15. The van der Waals surface area contributed by atoms with Crippen LogP contribution in [-0.4, -0.2) is 46.2 Å². The molecule has 9 nitrogen and oxygen atoms in total. The quantitative estimate of drug-likeness (QED) is 0.276. The molecule has 2 heterocycles. The third-order valence-electron chi connectivity index (χ3n) is 3.68. The van der Waals surface area contributed by atoms with Crippen LogP contribution in [0, 0.1) is 0 Å². The molecule has 0 bridgehead atoms. The average Bonchev–Trinajstić information content (AvgIpc) is 3.34. The summed E-state index contributed by atoms with van der Waals surface area (Å²) in [5.74, 6) is -1.27. The van der Waals surface area contributed by atoms with Crippen LogP contribution in [0.2, 0.25) is 0 Å². The fraction of sp³-hybridized carbons (Fsp3) is 0.211. The summed E-state index contributed by atoms with van der Waals surface area (Å²) < 4.78 is 11.0. The van der Waals surface area contributed by atoms with Crippen molar-refractivity contribution in [3.63, 3.8) is 0 Å². The first kappa shape index (κ1) is 21.5. The molecule has 1 fully saturated rings. The Bertz CT molecular complexity index is 1000. The Balaban J connectivity index is 1.69. The van der Waals surface area contributed by atoms with Gasteiger partial charge in [0.25, 0.3) is 0 Å². The van der Waals surface area contributed by atoms with E-state index in [4.69, 9.17) is 14.6 Å². The minimum absolute atomic E-state index is 0.231. The molecule has 11 heteroatoms. The maximum absolute atomic E-state index is 12.2. The summed E-state index contributed by atoms with van der Waals surface area (Å²) in [5, 5.41) is 20.4. The zero-order valence-electron chi connectivity index (χ0n) is 15.7. The Morgan fingerprint density at radius 2 is 2.13 bits per heavy atom. The van der Waals surface area contributed by atoms with Crippen LogP contribution < -0.4 is 14.8 Å². The number of benzene rings is 1. The van der Waals surface area contributed by atoms with E-state index < -0.39 is 23.1 Å². The smallest absolute Gasteiger partial charge is 0.353 e. The molecule has 1 saturated heterocycles. The van der Waals surface area contributed by atoms with Crippen molar-refractivity contribution in [1.82, 2.24) is 5.32 Å². The SMILES string of the molecule is CCOc1cc(C=NN=C2NC(=O)C(CC(=O)O)S2)ccc1OC(=O)c1cccs1. The molecule has 3 rings (SSSR count). The standard InChI is InChI=1S/C19H17N3O6S2/c1-2-27-13-8-11(5-6-12(13)28-18(26)14-4-3-7-29-14)10-20-22-19-21-17(25)15(30-19)9-16(23)24/h3-8,10,15H,2,9H2,1H3,(H,23,24)(H,21,22,25). The number of ether oxygens (including phenoxy) is 2. The van der Waals surface area contributed by atoms with E-state index in [-0.39, 0.29) is 17.3 Å². The first-order valence-electron chi connectivity index (χ1n) is 8.79.